The number of nitrogens with zero attached hydrogens (tertiary/aromatic N) is 1. The highest BCUT2D eigenvalue weighted by molar-refractivity contribution is 6.05. The van der Waals surface area contributed by atoms with Gasteiger partial charge in [0.1, 0.15) is 24.5 Å². The summed E-state index contributed by atoms with van der Waals surface area (Å²) in [6.45, 7) is 5.19. The molecule has 0 bridgehead atoms. The Bertz CT molecular complexity index is 866. The number of nitrogens with one attached hydrogen (secondary N) is 3. The second kappa shape index (κ2) is 10.6. The SMILES string of the molecule is COc1ccc(NC(=O)c2ccc(NCCC[NH+]3CCOCC3)c([N+](=O)[O-])c2)cc1. The van der Waals surface area contributed by atoms with Crippen molar-refractivity contribution in [3.63, 3.8) is 0 Å². The molecule has 9 heteroatoms. The van der Waals surface area contributed by atoms with Gasteiger partial charge in [0.15, 0.2) is 0 Å². The summed E-state index contributed by atoms with van der Waals surface area (Å²) in [6, 6.07) is 11.3. The van der Waals surface area contributed by atoms with Gasteiger partial charge < -0.3 is 25.0 Å². The van der Waals surface area contributed by atoms with E-state index in [-0.39, 0.29) is 11.3 Å². The number of hydrogen-bond donors (Lipinski definition) is 3. The smallest absolute Gasteiger partial charge is 0.293 e. The Morgan fingerprint density at radius 1 is 1.20 bits per heavy atom. The maximum atomic E-state index is 12.5. The van der Waals surface area contributed by atoms with Crippen molar-refractivity contribution < 1.29 is 24.1 Å². The van der Waals surface area contributed by atoms with Crippen LogP contribution in [0.2, 0.25) is 0 Å². The van der Waals surface area contributed by atoms with Crippen molar-refractivity contribution in [2.75, 3.05) is 57.1 Å². The van der Waals surface area contributed by atoms with Gasteiger partial charge in [-0.05, 0) is 36.4 Å². The molecule has 1 amide bonds. The minimum atomic E-state index is -0.473. The van der Waals surface area contributed by atoms with Crippen molar-refractivity contribution in [2.24, 2.45) is 0 Å². The van der Waals surface area contributed by atoms with Crippen LogP contribution in [0.25, 0.3) is 0 Å². The highest BCUT2D eigenvalue weighted by Gasteiger charge is 2.18. The van der Waals surface area contributed by atoms with Crippen LogP contribution >= 0.6 is 0 Å². The Balaban J connectivity index is 1.59. The first-order valence-electron chi connectivity index (χ1n) is 9.96. The average Bonchev–Trinajstić information content (AvgIpc) is 2.78. The van der Waals surface area contributed by atoms with Gasteiger partial charge in [-0.3, -0.25) is 14.9 Å². The number of quaternary nitrogens is 1. The molecule has 1 saturated heterocycles. The summed E-state index contributed by atoms with van der Waals surface area (Å²) in [7, 11) is 1.56. The normalized spacial score (nSPS) is 14.2. The maximum Gasteiger partial charge on any atom is 0.293 e. The molecule has 30 heavy (non-hydrogen) atoms. The molecule has 9 nitrogen and oxygen atoms in total. The first kappa shape index (κ1) is 21.5. The van der Waals surface area contributed by atoms with E-state index >= 15 is 0 Å². The number of carbonyl (C=O) groups excluding carboxylic acids is 1. The van der Waals surface area contributed by atoms with Crippen LogP contribution in [0.1, 0.15) is 16.8 Å². The highest BCUT2D eigenvalue weighted by atomic mass is 16.6. The standard InChI is InChI=1S/C21H26N4O5/c1-29-18-6-4-17(5-7-18)23-21(26)16-3-8-19(20(15-16)25(27)28)22-9-2-10-24-11-13-30-14-12-24/h3-8,15,22H,2,9-14H2,1H3,(H,23,26)/p+1. The summed E-state index contributed by atoms with van der Waals surface area (Å²) in [4.78, 5) is 25.0. The van der Waals surface area contributed by atoms with E-state index in [1.807, 2.05) is 0 Å². The van der Waals surface area contributed by atoms with E-state index < -0.39 is 10.8 Å². The quantitative estimate of drug-likeness (QED) is 0.326. The molecule has 2 aromatic rings. The molecule has 160 valence electrons. The molecule has 3 rings (SSSR count). The molecule has 1 aliphatic heterocycles. The number of nitro groups is 1. The second-order valence-electron chi connectivity index (χ2n) is 7.06. The lowest BCUT2D eigenvalue weighted by atomic mass is 10.1. The summed E-state index contributed by atoms with van der Waals surface area (Å²) >= 11 is 0. The average molecular weight is 415 g/mol. The molecular formula is C21H27N4O5+. The Labute approximate surface area is 175 Å². The van der Waals surface area contributed by atoms with Crippen LogP contribution in [-0.4, -0.2) is 57.3 Å². The number of benzene rings is 2. The zero-order valence-electron chi connectivity index (χ0n) is 17.0. The molecule has 0 atom stereocenters. The van der Waals surface area contributed by atoms with Gasteiger partial charge in [-0.15, -0.1) is 0 Å². The number of nitro benzene ring substituents is 1. The van der Waals surface area contributed by atoms with Gasteiger partial charge in [-0.2, -0.15) is 0 Å². The number of rotatable bonds is 9. The van der Waals surface area contributed by atoms with Gasteiger partial charge in [0.25, 0.3) is 11.6 Å². The lowest BCUT2D eigenvalue weighted by molar-refractivity contribution is -0.908. The predicted octanol–water partition coefficient (Wildman–Crippen LogP) is 1.57. The monoisotopic (exact) mass is 415 g/mol. The Morgan fingerprint density at radius 3 is 2.60 bits per heavy atom. The van der Waals surface area contributed by atoms with E-state index in [0.717, 1.165) is 39.3 Å². The Morgan fingerprint density at radius 2 is 1.93 bits per heavy atom. The molecule has 3 N–H and O–H groups in total. The summed E-state index contributed by atoms with van der Waals surface area (Å²) in [5.74, 6) is 0.264. The van der Waals surface area contributed by atoms with E-state index in [4.69, 9.17) is 9.47 Å². The summed E-state index contributed by atoms with van der Waals surface area (Å²) < 4.78 is 10.4. The van der Waals surface area contributed by atoms with Gasteiger partial charge in [0, 0.05) is 30.3 Å². The molecular weight excluding hydrogens is 388 g/mol. The van der Waals surface area contributed by atoms with Crippen LogP contribution < -0.4 is 20.3 Å². The van der Waals surface area contributed by atoms with E-state index in [1.165, 1.54) is 11.0 Å². The van der Waals surface area contributed by atoms with Crippen molar-refractivity contribution in [2.45, 2.75) is 6.42 Å². The third-order valence-electron chi connectivity index (χ3n) is 5.03. The van der Waals surface area contributed by atoms with Gasteiger partial charge in [-0.25, -0.2) is 0 Å². The summed E-state index contributed by atoms with van der Waals surface area (Å²) in [5.41, 5.74) is 1.10. The Kier molecular flexibility index (Phi) is 7.58. The number of anilines is 2. The maximum absolute atomic E-state index is 12.5. The molecule has 1 fully saturated rings. The van der Waals surface area contributed by atoms with E-state index in [2.05, 4.69) is 10.6 Å². The molecule has 0 aromatic heterocycles. The fourth-order valence-corrected chi connectivity index (χ4v) is 3.32. The van der Waals surface area contributed by atoms with Gasteiger partial charge in [0.2, 0.25) is 0 Å². The number of carbonyl (C=O) groups is 1. The van der Waals surface area contributed by atoms with Gasteiger partial charge in [0.05, 0.1) is 31.8 Å². The van der Waals surface area contributed by atoms with Crippen LogP contribution in [-0.2, 0) is 4.74 Å². The minimum absolute atomic E-state index is 0.115. The predicted molar refractivity (Wildman–Crippen MR) is 114 cm³/mol. The molecule has 0 saturated carbocycles. The van der Waals surface area contributed by atoms with E-state index in [9.17, 15) is 14.9 Å². The van der Waals surface area contributed by atoms with Crippen LogP contribution in [0.3, 0.4) is 0 Å². The number of hydrogen-bond acceptors (Lipinski definition) is 6. The van der Waals surface area contributed by atoms with Gasteiger partial charge in [-0.1, -0.05) is 0 Å². The van der Waals surface area contributed by atoms with Crippen LogP contribution in [0.5, 0.6) is 5.75 Å². The lowest BCUT2D eigenvalue weighted by Gasteiger charge is -2.23. The molecule has 0 radical (unpaired) electrons. The van der Waals surface area contributed by atoms with Crippen LogP contribution in [0, 0.1) is 10.1 Å². The molecule has 0 spiro atoms. The third kappa shape index (κ3) is 5.91. The zero-order valence-corrected chi connectivity index (χ0v) is 17.0. The second-order valence-corrected chi connectivity index (χ2v) is 7.06. The first-order chi connectivity index (χ1) is 14.6. The minimum Gasteiger partial charge on any atom is -0.497 e. The molecule has 0 aliphatic carbocycles. The molecule has 1 aliphatic rings. The van der Waals surface area contributed by atoms with E-state index in [0.29, 0.717) is 23.7 Å². The number of methoxy groups -OCH3 is 1. The van der Waals surface area contributed by atoms with Gasteiger partial charge >= 0.3 is 0 Å². The fraction of sp³-hybridized carbons (Fsp3) is 0.381. The Hall–Kier alpha value is -3.17. The molecule has 0 unspecified atom stereocenters. The molecule has 1 heterocycles. The van der Waals surface area contributed by atoms with Crippen molar-refractivity contribution in [1.82, 2.24) is 0 Å². The van der Waals surface area contributed by atoms with Crippen molar-refractivity contribution >= 4 is 23.0 Å². The number of morpholine rings is 1. The van der Waals surface area contributed by atoms with Crippen LogP contribution in [0.15, 0.2) is 42.5 Å². The summed E-state index contributed by atoms with van der Waals surface area (Å²) in [5, 5.41) is 17.4. The molecule has 2 aromatic carbocycles. The third-order valence-corrected chi connectivity index (χ3v) is 5.03. The van der Waals surface area contributed by atoms with E-state index in [1.54, 1.807) is 43.5 Å². The highest BCUT2D eigenvalue weighted by Crippen LogP contribution is 2.26. The van der Waals surface area contributed by atoms with Crippen molar-refractivity contribution in [3.8, 4) is 5.75 Å². The first-order valence-corrected chi connectivity index (χ1v) is 9.96. The van der Waals surface area contributed by atoms with Crippen molar-refractivity contribution in [1.29, 1.82) is 0 Å². The topological polar surface area (TPSA) is 107 Å². The zero-order chi connectivity index (χ0) is 21.3. The number of ether oxygens (including phenoxy) is 2. The largest absolute Gasteiger partial charge is 0.497 e. The lowest BCUT2D eigenvalue weighted by Crippen LogP contribution is -3.14. The van der Waals surface area contributed by atoms with Crippen LogP contribution in [0.4, 0.5) is 17.1 Å². The number of amides is 1. The summed E-state index contributed by atoms with van der Waals surface area (Å²) in [6.07, 6.45) is 0.895. The van der Waals surface area contributed by atoms with Crippen molar-refractivity contribution in [3.05, 3.63) is 58.1 Å². The fourth-order valence-electron chi connectivity index (χ4n) is 3.32.